The molecule has 0 radical (unpaired) electrons. The van der Waals surface area contributed by atoms with Crippen molar-refractivity contribution < 1.29 is 31.2 Å². The van der Waals surface area contributed by atoms with Gasteiger partial charge in [0.25, 0.3) is 0 Å². The van der Waals surface area contributed by atoms with Crippen LogP contribution in [-0.4, -0.2) is 75.9 Å². The van der Waals surface area contributed by atoms with Gasteiger partial charge in [0.05, 0.1) is 34.5 Å². The van der Waals surface area contributed by atoms with E-state index >= 15 is 0 Å². The third-order valence-electron chi connectivity index (χ3n) is 3.13. The van der Waals surface area contributed by atoms with Gasteiger partial charge in [-0.25, -0.2) is 9.58 Å². The lowest BCUT2D eigenvalue weighted by atomic mass is 10.4. The summed E-state index contributed by atoms with van der Waals surface area (Å²) in [5.74, 6) is 0. The molecule has 0 spiro atoms. The Hall–Kier alpha value is -1.05. The summed E-state index contributed by atoms with van der Waals surface area (Å²) in [6.07, 6.45) is 0. The van der Waals surface area contributed by atoms with Crippen molar-refractivity contribution in [2.24, 2.45) is 9.98 Å². The fourth-order valence-electron chi connectivity index (χ4n) is 1.96. The number of halogens is 1. The molecule has 2 heterocycles. The molecule has 0 saturated carbocycles. The topological polar surface area (TPSA) is 55.7 Å². The Morgan fingerprint density at radius 1 is 1.22 bits per heavy atom. The number of hydrogen-bond acceptors (Lipinski definition) is 6. The number of amidine groups is 2. The molecule has 18 heavy (non-hydrogen) atoms. The molecule has 0 bridgehead atoms. The first-order valence-electron chi connectivity index (χ1n) is 5.61. The monoisotopic (exact) mass is 278 g/mol. The number of nitrogens with zero attached hydrogens (tertiary/aromatic N) is 4. The van der Waals surface area contributed by atoms with Crippen LogP contribution in [0.15, 0.2) is 9.98 Å². The third-order valence-corrected chi connectivity index (χ3v) is 3.13. The van der Waals surface area contributed by atoms with Crippen LogP contribution in [0, 0.1) is 0 Å². The molecular formula is C10H19ClN4O3. The maximum absolute atomic E-state index is 5.38. The van der Waals surface area contributed by atoms with Gasteiger partial charge in [-0.1, -0.05) is 0 Å². The highest BCUT2D eigenvalue weighted by Crippen LogP contribution is 2.17. The predicted molar refractivity (Wildman–Crippen MR) is 62.3 cm³/mol. The van der Waals surface area contributed by atoms with Crippen LogP contribution in [-0.2, 0) is 14.2 Å². The Morgan fingerprint density at radius 2 is 1.89 bits per heavy atom. The average molecular weight is 279 g/mol. The Kier molecular flexibility index (Phi) is 5.18. The molecule has 7 nitrogen and oxygen atoms in total. The van der Waals surface area contributed by atoms with Crippen LogP contribution >= 0.6 is 0 Å². The smallest absolute Gasteiger partial charge is 0.344 e. The first-order valence-corrected chi connectivity index (χ1v) is 5.61. The van der Waals surface area contributed by atoms with E-state index in [-0.39, 0.29) is 12.4 Å². The first kappa shape index (κ1) is 15.0. The van der Waals surface area contributed by atoms with Gasteiger partial charge in [-0.3, -0.25) is 0 Å². The highest BCUT2D eigenvalue weighted by Gasteiger charge is 2.38. The zero-order valence-electron chi connectivity index (χ0n) is 10.9. The van der Waals surface area contributed by atoms with Gasteiger partial charge in [0.1, 0.15) is 13.1 Å². The van der Waals surface area contributed by atoms with Crippen molar-refractivity contribution >= 4 is 12.0 Å². The van der Waals surface area contributed by atoms with Crippen molar-refractivity contribution in [2.75, 3.05) is 54.2 Å². The van der Waals surface area contributed by atoms with Gasteiger partial charge < -0.3 is 26.6 Å². The predicted octanol–water partition coefficient (Wildman–Crippen LogP) is -3.34. The minimum Gasteiger partial charge on any atom is -1.00 e. The Balaban J connectivity index is 0.00000162. The van der Waals surface area contributed by atoms with Crippen molar-refractivity contribution in [2.45, 2.75) is 0 Å². The molecule has 1 fully saturated rings. The standard InChI is InChI=1S/C10H19N4O3.ClH/c1-14(4-6-17-7-5-14)13-8-11-9(15-2)12-10(13)16-3;/h4-8H2,1-3H3;1H/q+1;/p-1. The zero-order valence-corrected chi connectivity index (χ0v) is 11.7. The van der Waals surface area contributed by atoms with Crippen molar-refractivity contribution in [1.29, 1.82) is 0 Å². The Labute approximate surface area is 113 Å². The van der Waals surface area contributed by atoms with Crippen LogP contribution in [0.5, 0.6) is 0 Å². The van der Waals surface area contributed by atoms with E-state index in [2.05, 4.69) is 17.0 Å². The van der Waals surface area contributed by atoms with Crippen molar-refractivity contribution in [3.8, 4) is 0 Å². The van der Waals surface area contributed by atoms with Gasteiger partial charge in [0.2, 0.25) is 0 Å². The molecule has 2 rings (SSSR count). The van der Waals surface area contributed by atoms with E-state index < -0.39 is 0 Å². The molecule has 0 aromatic carbocycles. The van der Waals surface area contributed by atoms with Crippen LogP contribution in [0.4, 0.5) is 0 Å². The quantitative estimate of drug-likeness (QED) is 0.471. The van der Waals surface area contributed by atoms with Crippen molar-refractivity contribution in [3.05, 3.63) is 0 Å². The number of rotatable bonds is 1. The van der Waals surface area contributed by atoms with Crippen LogP contribution in [0.2, 0.25) is 0 Å². The van der Waals surface area contributed by atoms with Gasteiger partial charge in [-0.2, -0.15) is 0 Å². The van der Waals surface area contributed by atoms with Gasteiger partial charge in [0, 0.05) is 0 Å². The molecule has 2 aliphatic heterocycles. The lowest BCUT2D eigenvalue weighted by Gasteiger charge is -2.44. The normalized spacial score (nSPS) is 22.5. The number of quaternary nitrogens is 1. The van der Waals surface area contributed by atoms with Gasteiger partial charge in [-0.05, 0) is 0 Å². The second-order valence-corrected chi connectivity index (χ2v) is 4.18. The number of morpholine rings is 1. The summed E-state index contributed by atoms with van der Waals surface area (Å²) in [6, 6.07) is 0.902. The largest absolute Gasteiger partial charge is 1.00 e. The van der Waals surface area contributed by atoms with E-state index in [4.69, 9.17) is 14.2 Å². The Bertz CT molecular complexity index is 342. The van der Waals surface area contributed by atoms with Crippen molar-refractivity contribution in [3.63, 3.8) is 0 Å². The second kappa shape index (κ2) is 6.21. The molecule has 0 N–H and O–H groups in total. The highest BCUT2D eigenvalue weighted by atomic mass is 35.5. The van der Waals surface area contributed by atoms with Gasteiger partial charge in [-0.15, -0.1) is 10.0 Å². The first-order chi connectivity index (χ1) is 8.19. The lowest BCUT2D eigenvalue weighted by molar-refractivity contribution is -1.01. The fraction of sp³-hybridized carbons (Fsp3) is 0.800. The number of methoxy groups -OCH3 is 2. The van der Waals surface area contributed by atoms with E-state index in [0.717, 1.165) is 26.3 Å². The molecule has 0 unspecified atom stereocenters. The molecular weight excluding hydrogens is 260 g/mol. The summed E-state index contributed by atoms with van der Waals surface area (Å²) in [5.41, 5.74) is 0. The number of hydrogen-bond donors (Lipinski definition) is 0. The molecule has 0 amide bonds. The summed E-state index contributed by atoms with van der Waals surface area (Å²) in [7, 11) is 5.29. The van der Waals surface area contributed by atoms with Crippen LogP contribution in [0.3, 0.4) is 0 Å². The summed E-state index contributed by atoms with van der Waals surface area (Å²) < 4.78 is 16.4. The Morgan fingerprint density at radius 3 is 2.44 bits per heavy atom. The molecule has 0 atom stereocenters. The van der Waals surface area contributed by atoms with Crippen molar-refractivity contribution in [1.82, 2.24) is 5.01 Å². The molecule has 104 valence electrons. The van der Waals surface area contributed by atoms with Gasteiger partial charge >= 0.3 is 12.0 Å². The van der Waals surface area contributed by atoms with E-state index in [1.807, 2.05) is 5.01 Å². The molecule has 2 aliphatic rings. The molecule has 0 aromatic heterocycles. The second-order valence-electron chi connectivity index (χ2n) is 4.18. The number of likely N-dealkylation sites (N-methyl/N-ethyl adjacent to an activating group) is 1. The summed E-state index contributed by atoms with van der Waals surface area (Å²) in [6.45, 7) is 3.75. The molecule has 0 aromatic rings. The van der Waals surface area contributed by atoms with E-state index in [0.29, 0.717) is 23.3 Å². The maximum Gasteiger partial charge on any atom is 0.344 e. The SMILES string of the molecule is COC1=NCN([N+]2(C)CCOCC2)C(OC)=N1.[Cl-]. The van der Waals surface area contributed by atoms with Gasteiger partial charge in [0.15, 0.2) is 6.67 Å². The average Bonchev–Trinajstić information content (AvgIpc) is 2.38. The lowest BCUT2D eigenvalue weighted by Crippen LogP contribution is -3.00. The van der Waals surface area contributed by atoms with Crippen LogP contribution in [0.25, 0.3) is 0 Å². The molecule has 8 heteroatoms. The summed E-state index contributed by atoms with van der Waals surface area (Å²) in [4.78, 5) is 8.46. The fourth-order valence-corrected chi connectivity index (χ4v) is 1.96. The van der Waals surface area contributed by atoms with Crippen LogP contribution in [0.1, 0.15) is 0 Å². The molecule has 1 saturated heterocycles. The molecule has 0 aliphatic carbocycles. The maximum atomic E-state index is 5.38. The summed E-state index contributed by atoms with van der Waals surface area (Å²) >= 11 is 0. The number of aliphatic imine (C=N–C) groups is 2. The minimum atomic E-state index is 0. The zero-order chi connectivity index (χ0) is 12.3. The number of ether oxygens (including phenoxy) is 3. The highest BCUT2D eigenvalue weighted by molar-refractivity contribution is 5.90. The van der Waals surface area contributed by atoms with E-state index in [1.165, 1.54) is 0 Å². The third kappa shape index (κ3) is 2.85. The van der Waals surface area contributed by atoms with E-state index in [1.54, 1.807) is 14.2 Å². The summed E-state index contributed by atoms with van der Waals surface area (Å²) in [5, 5.41) is 2.02. The van der Waals surface area contributed by atoms with Crippen LogP contribution < -0.4 is 12.4 Å². The van der Waals surface area contributed by atoms with E-state index in [9.17, 15) is 0 Å². The minimum absolute atomic E-state index is 0.